The molecule has 0 spiro atoms. The Kier molecular flexibility index (Phi) is 12.3. The fraction of sp³-hybridized carbons (Fsp3) is 0.0825. The van der Waals surface area contributed by atoms with E-state index in [1.165, 1.54) is 143 Å². The number of rotatable bonds is 6. The van der Waals surface area contributed by atoms with E-state index in [0.29, 0.717) is 29.3 Å². The van der Waals surface area contributed by atoms with Gasteiger partial charge in [-0.15, -0.1) is 0 Å². The third-order valence-corrected chi connectivity index (χ3v) is 23.4. The Morgan fingerprint density at radius 1 is 0.308 bits per heavy atom. The van der Waals surface area contributed by atoms with Gasteiger partial charge in [-0.1, -0.05) is 240 Å². The van der Waals surface area contributed by atoms with E-state index < -0.39 is 0 Å². The molecule has 2 unspecified atom stereocenters. The molecule has 0 bridgehead atoms. The summed E-state index contributed by atoms with van der Waals surface area (Å²) in [6, 6.07) is 100. The van der Waals surface area contributed by atoms with Crippen molar-refractivity contribution in [2.45, 2.75) is 38.5 Å². The van der Waals surface area contributed by atoms with Gasteiger partial charge in [-0.3, -0.25) is 0 Å². The maximum absolute atomic E-state index is 6.37. The Morgan fingerprint density at radius 2 is 0.712 bits per heavy atom. The van der Waals surface area contributed by atoms with Gasteiger partial charge in [-0.25, -0.2) is 15.0 Å². The van der Waals surface area contributed by atoms with Crippen LogP contribution in [0, 0.1) is 11.8 Å². The molecule has 5 aliphatic rings. The van der Waals surface area contributed by atoms with Crippen LogP contribution in [-0.2, 0) is 10.8 Å². The maximum Gasteiger partial charge on any atom is 0.164 e. The van der Waals surface area contributed by atoms with Crippen LogP contribution < -0.4 is 0 Å². The van der Waals surface area contributed by atoms with Gasteiger partial charge in [-0.2, -0.15) is 0 Å². The fourth-order valence-electron chi connectivity index (χ4n) is 18.7. The van der Waals surface area contributed by atoms with E-state index in [4.69, 9.17) is 23.8 Å². The van der Waals surface area contributed by atoms with Crippen LogP contribution in [0.3, 0.4) is 0 Å². The van der Waals surface area contributed by atoms with Crippen LogP contribution in [0.15, 0.2) is 318 Å². The van der Waals surface area contributed by atoms with E-state index in [-0.39, 0.29) is 10.8 Å². The van der Waals surface area contributed by atoms with Gasteiger partial charge in [0, 0.05) is 93.8 Å². The first kappa shape index (κ1) is 58.8. The standard InChI is InChI=1S/C49H33NO.C48H32N4O/c1-49(2)41-26-40-33-12-6-8-17-44(33)51-45(40)27-39(41)37-24-25-43-47(48(37)49)38-13-5-7-16-42(38)50(43)29-20-18-28(19-21-29)30-22-23-36-32-11-4-3-10-31(32)35-15-9-14-34(30)46(35)36;1-48(2)38-27-37-33-17-10-12-20-41(33)53-42(37)28-36(38)34-25-26-40-43(44(34)48)35-18-9-11-19-39(35)52(40)32-23-21-31(22-24-32)47-50-45(29-13-5-3-6-14-29)49-46(51-47)30-15-7-4-8-16-30/h3-27,34,46H,1-2H3;3-28H,1-2H3. The highest BCUT2D eigenvalue weighted by Gasteiger charge is 2.43. The molecule has 0 fully saturated rings. The average molecular weight is 1330 g/mol. The Labute approximate surface area is 600 Å². The first-order chi connectivity index (χ1) is 51.1. The van der Waals surface area contributed by atoms with E-state index in [2.05, 4.69) is 273 Å². The number of benzene rings is 13. The topological polar surface area (TPSA) is 74.8 Å². The quantitative estimate of drug-likeness (QED) is 0.166. The highest BCUT2D eigenvalue weighted by atomic mass is 16.3. The van der Waals surface area contributed by atoms with Crippen LogP contribution in [0.5, 0.6) is 0 Å². The highest BCUT2D eigenvalue weighted by Crippen LogP contribution is 2.59. The van der Waals surface area contributed by atoms with Crippen molar-refractivity contribution in [3.05, 3.63) is 348 Å². The molecule has 0 amide bonds. The second kappa shape index (κ2) is 21.8. The monoisotopic (exact) mass is 1330 g/mol. The molecule has 5 heterocycles. The van der Waals surface area contributed by atoms with Gasteiger partial charge in [0.15, 0.2) is 17.5 Å². The molecule has 18 aromatic rings. The van der Waals surface area contributed by atoms with Crippen molar-refractivity contribution < 1.29 is 8.83 Å². The molecule has 7 nitrogen and oxygen atoms in total. The van der Waals surface area contributed by atoms with Crippen molar-refractivity contribution in [1.82, 2.24) is 24.1 Å². The number of hydrogen-bond acceptors (Lipinski definition) is 5. The first-order valence-corrected chi connectivity index (χ1v) is 36.1. The Balaban J connectivity index is 0.000000131. The third kappa shape index (κ3) is 8.37. The molecule has 0 saturated heterocycles. The largest absolute Gasteiger partial charge is 0.456 e. The average Bonchev–Trinajstić information content (AvgIpc) is 1.54. The van der Waals surface area contributed by atoms with Crippen molar-refractivity contribution >= 4 is 104 Å². The lowest BCUT2D eigenvalue weighted by atomic mass is 9.72. The number of hydrogen-bond donors (Lipinski definition) is 0. The number of allylic oxidation sites excluding steroid dienone is 8. The molecule has 2 atom stereocenters. The first-order valence-electron chi connectivity index (χ1n) is 36.1. The smallest absolute Gasteiger partial charge is 0.164 e. The van der Waals surface area contributed by atoms with Crippen LogP contribution in [0.25, 0.3) is 172 Å². The van der Waals surface area contributed by atoms with E-state index in [1.807, 2.05) is 72.8 Å². The fourth-order valence-corrected chi connectivity index (χ4v) is 18.7. The van der Waals surface area contributed by atoms with Gasteiger partial charge in [0.25, 0.3) is 0 Å². The summed E-state index contributed by atoms with van der Waals surface area (Å²) >= 11 is 0. The zero-order valence-corrected chi connectivity index (χ0v) is 57.7. The SMILES string of the molecule is CC1(C)c2cc3c(cc2-c2ccc4c(c21)c1ccccc1n4-c1ccc(-c2nc(-c4ccccc4)nc(-c4ccccc4)n2)cc1)oc1ccccc13.CC1(C)c2cc3c(cc2-c2ccc4c(c21)c1ccccc1n4-c1ccc(C2=CC=C4c5ccccc5C5=CC=CC2C54)cc1)oc1ccccc13. The Bertz CT molecular complexity index is 6830. The molecule has 7 heteroatoms. The minimum atomic E-state index is -0.221. The number of para-hydroxylation sites is 4. The zero-order valence-electron chi connectivity index (χ0n) is 57.7. The third-order valence-electron chi connectivity index (χ3n) is 23.4. The number of aromatic nitrogens is 5. The van der Waals surface area contributed by atoms with Gasteiger partial charge in [-0.05, 0) is 175 Å². The lowest BCUT2D eigenvalue weighted by molar-refractivity contribution is 0.661. The summed E-state index contributed by atoms with van der Waals surface area (Å²) in [6.07, 6.45) is 11.7. The molecular weight excluding hydrogens is 1270 g/mol. The van der Waals surface area contributed by atoms with E-state index in [0.717, 1.165) is 50.1 Å². The lowest BCUT2D eigenvalue weighted by Crippen LogP contribution is -2.18. The minimum Gasteiger partial charge on any atom is -0.456 e. The molecule has 23 rings (SSSR count). The molecule has 0 aliphatic heterocycles. The molecule has 5 aromatic heterocycles. The van der Waals surface area contributed by atoms with Crippen LogP contribution >= 0.6 is 0 Å². The summed E-state index contributed by atoms with van der Waals surface area (Å²) in [6.45, 7) is 9.53. The molecule has 104 heavy (non-hydrogen) atoms. The number of furan rings is 2. The molecule has 0 radical (unpaired) electrons. The van der Waals surface area contributed by atoms with Crippen LogP contribution in [0.2, 0.25) is 0 Å². The van der Waals surface area contributed by atoms with Crippen LogP contribution in [-0.4, -0.2) is 24.1 Å². The van der Waals surface area contributed by atoms with Gasteiger partial charge in [0.1, 0.15) is 22.3 Å². The second-order valence-corrected chi connectivity index (χ2v) is 29.6. The predicted octanol–water partition coefficient (Wildman–Crippen LogP) is 24.8. The molecule has 5 aliphatic carbocycles. The van der Waals surface area contributed by atoms with Crippen molar-refractivity contribution in [3.63, 3.8) is 0 Å². The van der Waals surface area contributed by atoms with Gasteiger partial charge < -0.3 is 18.0 Å². The summed E-state index contributed by atoms with van der Waals surface area (Å²) in [5.41, 5.74) is 32.2. The maximum atomic E-state index is 6.37. The van der Waals surface area contributed by atoms with E-state index >= 15 is 0 Å². The Hall–Kier alpha value is -13.0. The van der Waals surface area contributed by atoms with Gasteiger partial charge in [0.05, 0.1) is 22.1 Å². The summed E-state index contributed by atoms with van der Waals surface area (Å²) in [7, 11) is 0. The summed E-state index contributed by atoms with van der Waals surface area (Å²) in [5, 5.41) is 9.88. The molecular formula is C97H65N5O2. The molecule has 0 N–H and O–H groups in total. The predicted molar refractivity (Wildman–Crippen MR) is 427 cm³/mol. The lowest BCUT2D eigenvalue weighted by Gasteiger charge is -2.31. The highest BCUT2D eigenvalue weighted by molar-refractivity contribution is 6.18. The van der Waals surface area contributed by atoms with Crippen molar-refractivity contribution in [2.75, 3.05) is 0 Å². The van der Waals surface area contributed by atoms with E-state index in [1.54, 1.807) is 0 Å². The molecule has 13 aromatic carbocycles. The number of fused-ring (bicyclic) bond motifs is 23. The summed E-state index contributed by atoms with van der Waals surface area (Å²) in [4.78, 5) is 14.8. The summed E-state index contributed by atoms with van der Waals surface area (Å²) < 4.78 is 17.6. The van der Waals surface area contributed by atoms with Crippen LogP contribution in [0.4, 0.5) is 0 Å². The normalized spacial score (nSPS) is 16.2. The van der Waals surface area contributed by atoms with Gasteiger partial charge >= 0.3 is 0 Å². The number of nitrogens with zero attached hydrogens (tertiary/aromatic N) is 5. The second-order valence-electron chi connectivity index (χ2n) is 29.6. The van der Waals surface area contributed by atoms with E-state index in [9.17, 15) is 0 Å². The van der Waals surface area contributed by atoms with Crippen molar-refractivity contribution in [3.8, 4) is 67.8 Å². The minimum absolute atomic E-state index is 0.184. The molecule has 490 valence electrons. The molecule has 0 saturated carbocycles. The zero-order chi connectivity index (χ0) is 68.8. The van der Waals surface area contributed by atoms with Gasteiger partial charge in [0.2, 0.25) is 0 Å². The Morgan fingerprint density at radius 3 is 1.20 bits per heavy atom. The summed E-state index contributed by atoms with van der Waals surface area (Å²) in [5.74, 6) is 2.67. The van der Waals surface area contributed by atoms with Crippen LogP contribution in [0.1, 0.15) is 66.6 Å². The van der Waals surface area contributed by atoms with Crippen molar-refractivity contribution in [1.29, 1.82) is 0 Å². The van der Waals surface area contributed by atoms with Crippen molar-refractivity contribution in [2.24, 2.45) is 11.8 Å².